The summed E-state index contributed by atoms with van der Waals surface area (Å²) in [6.07, 6.45) is -3.40. The molecule has 1 aliphatic rings. The molecule has 1 aliphatic heterocycles. The summed E-state index contributed by atoms with van der Waals surface area (Å²) in [5.74, 6) is -0.0528. The Balaban J connectivity index is 2.35. The number of hydrogen-bond donors (Lipinski definition) is 1. The molecule has 1 unspecified atom stereocenters. The monoisotopic (exact) mass is 306 g/mol. The number of anilines is 1. The molecule has 0 radical (unpaired) electrons. The second-order valence-corrected chi connectivity index (χ2v) is 5.54. The van der Waals surface area contributed by atoms with E-state index in [-0.39, 0.29) is 12.2 Å². The molecule has 2 heterocycles. The van der Waals surface area contributed by atoms with Crippen LogP contribution in [0, 0.1) is 0 Å². The van der Waals surface area contributed by atoms with E-state index in [0.717, 1.165) is 6.07 Å². The van der Waals surface area contributed by atoms with E-state index in [0.29, 0.717) is 18.1 Å². The van der Waals surface area contributed by atoms with Crippen molar-refractivity contribution in [3.63, 3.8) is 0 Å². The van der Waals surface area contributed by atoms with Crippen molar-refractivity contribution in [1.82, 2.24) is 4.98 Å². The number of carbonyl (C=O) groups is 1. The number of halogens is 3. The Morgan fingerprint density at radius 1 is 1.55 bits per heavy atom. The minimum Gasteiger partial charge on any atom is -0.481 e. The standard InChI is InChI=1S/C12H13F3N2O2S/c13-12(14,15)9-2-1-3-16-11(9)17-4-5-20-7-8(17)6-10(18)19/h1-3,8H,4-7H2,(H,18,19). The molecule has 2 rings (SSSR count). The fourth-order valence-electron chi connectivity index (χ4n) is 2.15. The van der Waals surface area contributed by atoms with Gasteiger partial charge < -0.3 is 10.0 Å². The lowest BCUT2D eigenvalue weighted by Gasteiger charge is -2.36. The van der Waals surface area contributed by atoms with E-state index in [4.69, 9.17) is 5.11 Å². The Bertz CT molecular complexity index is 496. The maximum absolute atomic E-state index is 13.0. The fourth-order valence-corrected chi connectivity index (χ4v) is 3.21. The number of nitrogens with zero attached hydrogens (tertiary/aromatic N) is 2. The maximum atomic E-state index is 13.0. The average Bonchev–Trinajstić information content (AvgIpc) is 2.38. The molecular formula is C12H13F3N2O2S. The van der Waals surface area contributed by atoms with Gasteiger partial charge in [-0.25, -0.2) is 4.98 Å². The van der Waals surface area contributed by atoms with Gasteiger partial charge in [-0.15, -0.1) is 0 Å². The number of carboxylic acid groups (broad SMARTS) is 1. The van der Waals surface area contributed by atoms with E-state index >= 15 is 0 Å². The van der Waals surface area contributed by atoms with E-state index < -0.39 is 23.8 Å². The van der Waals surface area contributed by atoms with Gasteiger partial charge in [-0.3, -0.25) is 4.79 Å². The van der Waals surface area contributed by atoms with Crippen LogP contribution in [0.2, 0.25) is 0 Å². The molecule has 0 aliphatic carbocycles. The van der Waals surface area contributed by atoms with Gasteiger partial charge in [0.05, 0.1) is 12.0 Å². The van der Waals surface area contributed by atoms with Crippen molar-refractivity contribution in [1.29, 1.82) is 0 Å². The first kappa shape index (κ1) is 15.0. The Morgan fingerprint density at radius 2 is 2.30 bits per heavy atom. The van der Waals surface area contributed by atoms with Gasteiger partial charge in [-0.05, 0) is 12.1 Å². The molecule has 1 atom stereocenters. The number of hydrogen-bond acceptors (Lipinski definition) is 4. The number of aromatic nitrogens is 1. The second-order valence-electron chi connectivity index (χ2n) is 4.39. The van der Waals surface area contributed by atoms with Crippen molar-refractivity contribution in [3.05, 3.63) is 23.9 Å². The summed E-state index contributed by atoms with van der Waals surface area (Å²) >= 11 is 1.54. The van der Waals surface area contributed by atoms with Crippen LogP contribution < -0.4 is 4.90 Å². The quantitative estimate of drug-likeness (QED) is 0.930. The summed E-state index contributed by atoms with van der Waals surface area (Å²) in [6.45, 7) is 0.364. The molecule has 0 bridgehead atoms. The average molecular weight is 306 g/mol. The normalized spacial score (nSPS) is 19.9. The molecule has 0 amide bonds. The number of carboxylic acids is 1. The van der Waals surface area contributed by atoms with Gasteiger partial charge in [0.15, 0.2) is 0 Å². The lowest BCUT2D eigenvalue weighted by Crippen LogP contribution is -2.45. The SMILES string of the molecule is O=C(O)CC1CSCCN1c1ncccc1C(F)(F)F. The highest BCUT2D eigenvalue weighted by atomic mass is 32.2. The zero-order chi connectivity index (χ0) is 14.8. The maximum Gasteiger partial charge on any atom is 0.419 e. The van der Waals surface area contributed by atoms with E-state index in [1.165, 1.54) is 17.2 Å². The van der Waals surface area contributed by atoms with Crippen molar-refractivity contribution in [2.24, 2.45) is 0 Å². The third kappa shape index (κ3) is 3.36. The zero-order valence-corrected chi connectivity index (χ0v) is 11.2. The van der Waals surface area contributed by atoms with Crippen LogP contribution in [0.5, 0.6) is 0 Å². The second kappa shape index (κ2) is 5.90. The van der Waals surface area contributed by atoms with Crippen LogP contribution in [0.1, 0.15) is 12.0 Å². The summed E-state index contributed by atoms with van der Waals surface area (Å²) in [7, 11) is 0. The smallest absolute Gasteiger partial charge is 0.419 e. The van der Waals surface area contributed by atoms with Gasteiger partial charge in [-0.1, -0.05) is 0 Å². The van der Waals surface area contributed by atoms with Crippen molar-refractivity contribution < 1.29 is 23.1 Å². The highest BCUT2D eigenvalue weighted by Gasteiger charge is 2.38. The first-order valence-electron chi connectivity index (χ1n) is 5.98. The Labute approximate surface area is 118 Å². The molecule has 20 heavy (non-hydrogen) atoms. The summed E-state index contributed by atoms with van der Waals surface area (Å²) in [6, 6.07) is 1.74. The predicted octanol–water partition coefficient (Wildman–Crippen LogP) is 2.50. The Morgan fingerprint density at radius 3 is 2.95 bits per heavy atom. The zero-order valence-electron chi connectivity index (χ0n) is 10.4. The summed E-state index contributed by atoms with van der Waals surface area (Å²) in [5, 5.41) is 8.88. The molecule has 1 saturated heterocycles. The third-order valence-corrected chi connectivity index (χ3v) is 4.09. The molecule has 4 nitrogen and oxygen atoms in total. The molecule has 1 aromatic heterocycles. The first-order chi connectivity index (χ1) is 9.39. The summed E-state index contributed by atoms with van der Waals surface area (Å²) < 4.78 is 39.0. The fraction of sp³-hybridized carbons (Fsp3) is 0.500. The van der Waals surface area contributed by atoms with E-state index in [1.54, 1.807) is 11.8 Å². The van der Waals surface area contributed by atoms with Gasteiger partial charge in [-0.2, -0.15) is 24.9 Å². The van der Waals surface area contributed by atoms with Gasteiger partial charge in [0.1, 0.15) is 5.82 Å². The lowest BCUT2D eigenvalue weighted by molar-refractivity contribution is -0.137. The molecular weight excluding hydrogens is 293 g/mol. The Kier molecular flexibility index (Phi) is 4.42. The molecule has 1 fully saturated rings. The van der Waals surface area contributed by atoms with Crippen molar-refractivity contribution in [2.75, 3.05) is 23.0 Å². The highest BCUT2D eigenvalue weighted by molar-refractivity contribution is 7.99. The van der Waals surface area contributed by atoms with Gasteiger partial charge in [0.2, 0.25) is 0 Å². The molecule has 8 heteroatoms. The minimum atomic E-state index is -4.50. The lowest BCUT2D eigenvalue weighted by atomic mass is 10.1. The van der Waals surface area contributed by atoms with Crippen LogP contribution in [0.15, 0.2) is 18.3 Å². The van der Waals surface area contributed by atoms with Gasteiger partial charge in [0, 0.05) is 30.3 Å². The predicted molar refractivity (Wildman–Crippen MR) is 70.0 cm³/mol. The summed E-state index contributed by atoms with van der Waals surface area (Å²) in [4.78, 5) is 16.1. The number of rotatable bonds is 3. The van der Waals surface area contributed by atoms with E-state index in [2.05, 4.69) is 4.98 Å². The van der Waals surface area contributed by atoms with E-state index in [9.17, 15) is 18.0 Å². The minimum absolute atomic E-state index is 0.174. The third-order valence-electron chi connectivity index (χ3n) is 3.00. The van der Waals surface area contributed by atoms with Crippen LogP contribution in [0.4, 0.5) is 19.0 Å². The highest BCUT2D eigenvalue weighted by Crippen LogP contribution is 2.37. The molecule has 1 aromatic rings. The molecule has 0 aromatic carbocycles. The van der Waals surface area contributed by atoms with Crippen LogP contribution in [-0.4, -0.2) is 40.2 Å². The molecule has 110 valence electrons. The largest absolute Gasteiger partial charge is 0.481 e. The van der Waals surface area contributed by atoms with Gasteiger partial charge >= 0.3 is 12.1 Å². The number of alkyl halides is 3. The van der Waals surface area contributed by atoms with Crippen molar-refractivity contribution in [2.45, 2.75) is 18.6 Å². The van der Waals surface area contributed by atoms with Crippen molar-refractivity contribution >= 4 is 23.5 Å². The van der Waals surface area contributed by atoms with Crippen LogP contribution in [-0.2, 0) is 11.0 Å². The van der Waals surface area contributed by atoms with Crippen LogP contribution in [0.3, 0.4) is 0 Å². The van der Waals surface area contributed by atoms with Crippen LogP contribution in [0.25, 0.3) is 0 Å². The number of pyridine rings is 1. The summed E-state index contributed by atoms with van der Waals surface area (Å²) in [5.41, 5.74) is -0.817. The molecule has 1 N–H and O–H groups in total. The number of aliphatic carboxylic acids is 1. The Hall–Kier alpha value is -1.44. The topological polar surface area (TPSA) is 53.4 Å². The first-order valence-corrected chi connectivity index (χ1v) is 7.13. The molecule has 0 spiro atoms. The molecule has 0 saturated carbocycles. The van der Waals surface area contributed by atoms with Crippen LogP contribution >= 0.6 is 11.8 Å². The van der Waals surface area contributed by atoms with Gasteiger partial charge in [0.25, 0.3) is 0 Å². The van der Waals surface area contributed by atoms with Crippen molar-refractivity contribution in [3.8, 4) is 0 Å². The number of thioether (sulfide) groups is 1. The van der Waals surface area contributed by atoms with E-state index in [1.807, 2.05) is 0 Å².